The van der Waals surface area contributed by atoms with Gasteiger partial charge in [-0.25, -0.2) is 19.6 Å². The first-order valence-corrected chi connectivity index (χ1v) is 17.1. The molecule has 0 bridgehead atoms. The van der Waals surface area contributed by atoms with E-state index in [4.69, 9.17) is 24.2 Å². The molecule has 1 aliphatic heterocycles. The highest BCUT2D eigenvalue weighted by atomic mass is 16.6. The van der Waals surface area contributed by atoms with Crippen LogP contribution in [-0.2, 0) is 14.3 Å². The fourth-order valence-corrected chi connectivity index (χ4v) is 5.85. The number of fused-ring (bicyclic) bond motifs is 1. The number of esters is 1. The van der Waals surface area contributed by atoms with E-state index in [1.165, 1.54) is 4.52 Å². The van der Waals surface area contributed by atoms with Crippen molar-refractivity contribution in [3.05, 3.63) is 95.3 Å². The van der Waals surface area contributed by atoms with Gasteiger partial charge in [0.25, 0.3) is 5.56 Å². The van der Waals surface area contributed by atoms with Gasteiger partial charge < -0.3 is 25.0 Å². The number of rotatable bonds is 10. The molecule has 0 unspecified atom stereocenters. The van der Waals surface area contributed by atoms with Gasteiger partial charge in [-0.1, -0.05) is 86.6 Å². The predicted octanol–water partition coefficient (Wildman–Crippen LogP) is 6.32. The van der Waals surface area contributed by atoms with E-state index in [1.807, 2.05) is 74.5 Å². The maximum absolute atomic E-state index is 14.5. The number of aromatic nitrogens is 3. The van der Waals surface area contributed by atoms with Gasteiger partial charge in [0.1, 0.15) is 23.2 Å². The molecule has 1 aliphatic rings. The second-order valence-corrected chi connectivity index (χ2v) is 13.7. The highest BCUT2D eigenvalue weighted by molar-refractivity contribution is 5.93. The average Bonchev–Trinajstić information content (AvgIpc) is 3.74. The molecule has 5 aromatic rings. The molecule has 13 heteroatoms. The highest BCUT2D eigenvalue weighted by Crippen LogP contribution is 2.36. The lowest BCUT2D eigenvalue weighted by atomic mass is 10.0. The Balaban J connectivity index is 1.34. The summed E-state index contributed by atoms with van der Waals surface area (Å²) in [5.41, 5.74) is 6.79. The molecule has 1 atom stereocenters. The third-order valence-corrected chi connectivity index (χ3v) is 8.37. The number of hydrogen-bond donors (Lipinski definition) is 3. The van der Waals surface area contributed by atoms with E-state index in [2.05, 4.69) is 15.8 Å². The summed E-state index contributed by atoms with van der Waals surface area (Å²) in [7, 11) is 1.58. The van der Waals surface area contributed by atoms with Crippen molar-refractivity contribution in [3.8, 4) is 39.3 Å². The number of nitrogens with zero attached hydrogens (tertiary/aromatic N) is 4. The Morgan fingerprint density at radius 2 is 1.56 bits per heavy atom. The fourth-order valence-electron chi connectivity index (χ4n) is 5.85. The number of hydrogen-bond acceptors (Lipinski definition) is 9. The summed E-state index contributed by atoms with van der Waals surface area (Å²) in [6, 6.07) is 25.9. The first-order valence-electron chi connectivity index (χ1n) is 17.1. The Hall–Kier alpha value is -5.95. The molecule has 0 spiro atoms. The van der Waals surface area contributed by atoms with E-state index in [-0.39, 0.29) is 24.0 Å². The maximum Gasteiger partial charge on any atom is 0.408 e. The minimum Gasteiger partial charge on any atom is -0.497 e. The minimum atomic E-state index is -0.900. The number of hydrazine groups is 1. The van der Waals surface area contributed by atoms with E-state index in [0.29, 0.717) is 41.3 Å². The number of amides is 1. The number of carbonyl (C=O) groups is 2. The Morgan fingerprint density at radius 3 is 2.17 bits per heavy atom. The average molecular weight is 706 g/mol. The largest absolute Gasteiger partial charge is 0.497 e. The normalized spacial score (nSPS) is 14.7. The van der Waals surface area contributed by atoms with Crippen molar-refractivity contribution < 1.29 is 23.8 Å². The van der Waals surface area contributed by atoms with E-state index in [9.17, 15) is 14.4 Å². The molecule has 2 aromatic heterocycles. The fraction of sp³-hybridized carbons (Fsp3) is 0.308. The van der Waals surface area contributed by atoms with Crippen LogP contribution in [-0.4, -0.2) is 69.5 Å². The summed E-state index contributed by atoms with van der Waals surface area (Å²) < 4.78 is 17.8. The van der Waals surface area contributed by atoms with Gasteiger partial charge in [0.15, 0.2) is 18.2 Å². The van der Waals surface area contributed by atoms with Crippen LogP contribution in [0.1, 0.15) is 41.0 Å². The number of nitrogens with one attached hydrogen (secondary N) is 3. The monoisotopic (exact) mass is 705 g/mol. The quantitative estimate of drug-likeness (QED) is 0.142. The van der Waals surface area contributed by atoms with Crippen molar-refractivity contribution in [3.63, 3.8) is 0 Å². The lowest BCUT2D eigenvalue weighted by molar-refractivity contribution is -0.152. The number of amidine groups is 1. The molecule has 1 amide bonds. The smallest absolute Gasteiger partial charge is 0.408 e. The first kappa shape index (κ1) is 35.9. The Morgan fingerprint density at radius 1 is 0.923 bits per heavy atom. The molecule has 0 aliphatic carbocycles. The minimum absolute atomic E-state index is 0.103. The Kier molecular flexibility index (Phi) is 10.4. The van der Waals surface area contributed by atoms with Gasteiger partial charge >= 0.3 is 12.1 Å². The number of aromatic amines is 1. The molecule has 270 valence electrons. The number of aliphatic imine (C=N–C) groups is 1. The summed E-state index contributed by atoms with van der Waals surface area (Å²) in [6.45, 7) is 9.24. The number of carbonyl (C=O) groups excluding carboxylic acids is 2. The molecule has 3 N–H and O–H groups in total. The third-order valence-electron chi connectivity index (χ3n) is 8.37. The Bertz CT molecular complexity index is 2140. The molecule has 6 rings (SSSR count). The van der Waals surface area contributed by atoms with Crippen LogP contribution in [0.25, 0.3) is 39.2 Å². The molecule has 0 saturated carbocycles. The molecule has 1 fully saturated rings. The maximum atomic E-state index is 14.5. The summed E-state index contributed by atoms with van der Waals surface area (Å²) >= 11 is 0. The zero-order valence-corrected chi connectivity index (χ0v) is 30.1. The molecule has 3 aromatic carbocycles. The van der Waals surface area contributed by atoms with E-state index >= 15 is 0 Å². The summed E-state index contributed by atoms with van der Waals surface area (Å²) in [5.74, 6) is 0.581. The van der Waals surface area contributed by atoms with Crippen LogP contribution in [0.4, 0.5) is 10.6 Å². The van der Waals surface area contributed by atoms with Crippen LogP contribution in [0.2, 0.25) is 0 Å². The SMILES string of the molecule is COc1ccc(-c2c(N=C3CCN(COC(=O)[C@@H](NC(=O)OC(C)(C)C)C(C)C)N3)nc3c(-c4ccccc4)c(-c4ccccc4)[nH]n3c2=O)cc1. The van der Waals surface area contributed by atoms with Gasteiger partial charge in [0, 0.05) is 18.5 Å². The summed E-state index contributed by atoms with van der Waals surface area (Å²) in [4.78, 5) is 49.9. The predicted molar refractivity (Wildman–Crippen MR) is 199 cm³/mol. The summed E-state index contributed by atoms with van der Waals surface area (Å²) in [6.07, 6.45) is -0.225. The molecule has 3 heterocycles. The van der Waals surface area contributed by atoms with Gasteiger partial charge in [0.05, 0.1) is 23.9 Å². The number of ether oxygens (including phenoxy) is 3. The molecular formula is C39H43N7O6. The van der Waals surface area contributed by atoms with Crippen LogP contribution < -0.4 is 21.0 Å². The molecule has 13 nitrogen and oxygen atoms in total. The second kappa shape index (κ2) is 15.1. The second-order valence-electron chi connectivity index (χ2n) is 13.7. The van der Waals surface area contributed by atoms with Crippen LogP contribution in [0.3, 0.4) is 0 Å². The lowest BCUT2D eigenvalue weighted by Crippen LogP contribution is -2.48. The van der Waals surface area contributed by atoms with E-state index < -0.39 is 23.7 Å². The molecule has 52 heavy (non-hydrogen) atoms. The number of H-pyrrole nitrogens is 1. The zero-order valence-electron chi connectivity index (χ0n) is 30.1. The van der Waals surface area contributed by atoms with E-state index in [1.54, 1.807) is 57.2 Å². The number of alkyl carbamates (subject to hydrolysis) is 1. The lowest BCUT2D eigenvalue weighted by Gasteiger charge is -2.25. The van der Waals surface area contributed by atoms with Gasteiger partial charge in [-0.3, -0.25) is 9.89 Å². The van der Waals surface area contributed by atoms with Crippen molar-refractivity contribution in [1.82, 2.24) is 30.3 Å². The van der Waals surface area contributed by atoms with Gasteiger partial charge in [-0.15, -0.1) is 0 Å². The molecular weight excluding hydrogens is 662 g/mol. The van der Waals surface area contributed by atoms with Crippen LogP contribution in [0.5, 0.6) is 5.75 Å². The van der Waals surface area contributed by atoms with Crippen molar-refractivity contribution in [2.45, 2.75) is 52.7 Å². The van der Waals surface area contributed by atoms with Gasteiger partial charge in [-0.05, 0) is 49.9 Å². The molecule has 1 saturated heterocycles. The Labute approximate surface area is 301 Å². The van der Waals surface area contributed by atoms with Crippen molar-refractivity contribution in [2.75, 3.05) is 20.4 Å². The van der Waals surface area contributed by atoms with Crippen molar-refractivity contribution in [1.29, 1.82) is 0 Å². The topological polar surface area (TPSA) is 152 Å². The summed E-state index contributed by atoms with van der Waals surface area (Å²) in [5, 5.41) is 7.65. The van der Waals surface area contributed by atoms with Crippen LogP contribution >= 0.6 is 0 Å². The molecule has 0 radical (unpaired) electrons. The number of methoxy groups -OCH3 is 1. The standard InChI is InChI=1S/C39H43N7O6/c1-24(2)32(41-38(49)52-39(3,4)5)37(48)51-23-45-22-21-29(43-45)40-34-31(26-17-19-28(50-6)20-18-26)36(47)46-35(42-34)30(25-13-9-7-10-14-25)33(44-46)27-15-11-8-12-16-27/h7-20,24,32,44H,21-23H2,1-6H3,(H,40,43)(H,41,49)/t32-/m0/s1. The number of benzene rings is 3. The highest BCUT2D eigenvalue weighted by Gasteiger charge is 2.30. The third kappa shape index (κ3) is 8.00. The zero-order chi connectivity index (χ0) is 37.0. The van der Waals surface area contributed by atoms with Crippen molar-refractivity contribution in [2.24, 2.45) is 10.9 Å². The van der Waals surface area contributed by atoms with Gasteiger partial charge in [0.2, 0.25) is 0 Å². The van der Waals surface area contributed by atoms with Crippen LogP contribution in [0, 0.1) is 5.92 Å². The van der Waals surface area contributed by atoms with E-state index in [0.717, 1.165) is 22.4 Å². The first-order chi connectivity index (χ1) is 24.9. The van der Waals surface area contributed by atoms with Crippen molar-refractivity contribution >= 4 is 29.4 Å². The van der Waals surface area contributed by atoms with Gasteiger partial charge in [-0.2, -0.15) is 9.52 Å². The van der Waals surface area contributed by atoms with Crippen LogP contribution in [0.15, 0.2) is 94.7 Å².